The van der Waals surface area contributed by atoms with E-state index in [2.05, 4.69) is 71.9 Å². The summed E-state index contributed by atoms with van der Waals surface area (Å²) in [7, 11) is 0. The summed E-state index contributed by atoms with van der Waals surface area (Å²) >= 11 is 0. The van der Waals surface area contributed by atoms with Crippen LogP contribution in [0.3, 0.4) is 0 Å². The second-order valence-electron chi connectivity index (χ2n) is 6.59. The van der Waals surface area contributed by atoms with Crippen molar-refractivity contribution in [2.24, 2.45) is 0 Å². The van der Waals surface area contributed by atoms with Crippen molar-refractivity contribution < 1.29 is 0 Å². The van der Waals surface area contributed by atoms with Gasteiger partial charge in [0.1, 0.15) is 11.6 Å². The lowest BCUT2D eigenvalue weighted by Gasteiger charge is -2.17. The topological polar surface area (TPSA) is 30.7 Å². The van der Waals surface area contributed by atoms with E-state index in [0.29, 0.717) is 0 Å². The first-order valence-electron chi connectivity index (χ1n) is 8.77. The highest BCUT2D eigenvalue weighted by Gasteiger charge is 2.17. The lowest BCUT2D eigenvalue weighted by molar-refractivity contribution is 0.935. The molecule has 0 aliphatic carbocycles. The van der Waals surface area contributed by atoms with Gasteiger partial charge in [-0.05, 0) is 49.1 Å². The Morgan fingerprint density at radius 1 is 0.769 bits per heavy atom. The van der Waals surface area contributed by atoms with Crippen LogP contribution in [-0.4, -0.2) is 14.5 Å². The predicted octanol–water partition coefficient (Wildman–Crippen LogP) is 5.53. The molecule has 26 heavy (non-hydrogen) atoms. The molecular formula is C23H21N3. The number of aryl methyl sites for hydroxylation is 3. The van der Waals surface area contributed by atoms with E-state index >= 15 is 0 Å². The van der Waals surface area contributed by atoms with E-state index in [4.69, 9.17) is 4.98 Å². The van der Waals surface area contributed by atoms with E-state index < -0.39 is 0 Å². The number of hydrogen-bond acceptors (Lipinski definition) is 2. The molecule has 0 spiro atoms. The lowest BCUT2D eigenvalue weighted by atomic mass is 9.92. The van der Waals surface area contributed by atoms with Crippen molar-refractivity contribution >= 4 is 0 Å². The minimum absolute atomic E-state index is 0.906. The highest BCUT2D eigenvalue weighted by molar-refractivity contribution is 5.88. The fourth-order valence-corrected chi connectivity index (χ4v) is 3.46. The Morgan fingerprint density at radius 2 is 1.58 bits per heavy atom. The van der Waals surface area contributed by atoms with Crippen molar-refractivity contribution in [3.8, 4) is 28.1 Å². The van der Waals surface area contributed by atoms with E-state index in [-0.39, 0.29) is 0 Å². The van der Waals surface area contributed by atoms with Crippen LogP contribution in [0, 0.1) is 20.8 Å². The smallest absolute Gasteiger partial charge is 0.146 e. The van der Waals surface area contributed by atoms with Gasteiger partial charge in [0.25, 0.3) is 0 Å². The number of aromatic nitrogens is 3. The Labute approximate surface area is 154 Å². The van der Waals surface area contributed by atoms with Gasteiger partial charge in [0, 0.05) is 24.2 Å². The quantitative estimate of drug-likeness (QED) is 0.491. The SMILES string of the molecule is Cc1ccc(-c2ccnc(-n3ccnc3C)c2-c2ccccc2)c(C)c1. The van der Waals surface area contributed by atoms with Gasteiger partial charge in [0.15, 0.2) is 0 Å². The van der Waals surface area contributed by atoms with Crippen molar-refractivity contribution in [2.75, 3.05) is 0 Å². The first-order chi connectivity index (χ1) is 12.6. The summed E-state index contributed by atoms with van der Waals surface area (Å²) in [6.45, 7) is 6.29. The van der Waals surface area contributed by atoms with Crippen molar-refractivity contribution in [3.63, 3.8) is 0 Å². The molecule has 0 fully saturated rings. The largest absolute Gasteiger partial charge is 0.288 e. The predicted molar refractivity (Wildman–Crippen MR) is 106 cm³/mol. The van der Waals surface area contributed by atoms with Crippen LogP contribution < -0.4 is 0 Å². The first kappa shape index (κ1) is 16.3. The average Bonchev–Trinajstić information content (AvgIpc) is 3.08. The summed E-state index contributed by atoms with van der Waals surface area (Å²) in [5, 5.41) is 0. The van der Waals surface area contributed by atoms with Crippen molar-refractivity contribution in [1.82, 2.24) is 14.5 Å². The highest BCUT2D eigenvalue weighted by Crippen LogP contribution is 2.37. The van der Waals surface area contributed by atoms with Gasteiger partial charge in [-0.25, -0.2) is 9.97 Å². The molecule has 3 heteroatoms. The molecule has 2 heterocycles. The number of rotatable bonds is 3. The molecule has 0 saturated heterocycles. The first-order valence-corrected chi connectivity index (χ1v) is 8.77. The van der Waals surface area contributed by atoms with Gasteiger partial charge in [-0.2, -0.15) is 0 Å². The highest BCUT2D eigenvalue weighted by atomic mass is 15.1. The standard InChI is InChI=1S/C23H21N3/c1-16-9-10-20(17(2)15-16)21-11-12-25-23(26-14-13-24-18(26)3)22(21)19-7-5-4-6-8-19/h4-15H,1-3H3. The molecule has 0 saturated carbocycles. The van der Waals surface area contributed by atoms with Crippen LogP contribution in [0.4, 0.5) is 0 Å². The number of hydrogen-bond donors (Lipinski definition) is 0. The van der Waals surface area contributed by atoms with Crippen LogP contribution in [0.25, 0.3) is 28.1 Å². The molecule has 0 N–H and O–H groups in total. The second kappa shape index (κ2) is 6.60. The molecule has 0 aliphatic heterocycles. The van der Waals surface area contributed by atoms with Gasteiger partial charge in [0.05, 0.1) is 0 Å². The third kappa shape index (κ3) is 2.82. The lowest BCUT2D eigenvalue weighted by Crippen LogP contribution is -2.03. The van der Waals surface area contributed by atoms with E-state index in [1.807, 2.05) is 31.6 Å². The fourth-order valence-electron chi connectivity index (χ4n) is 3.46. The van der Waals surface area contributed by atoms with Crippen molar-refractivity contribution in [1.29, 1.82) is 0 Å². The van der Waals surface area contributed by atoms with Gasteiger partial charge < -0.3 is 0 Å². The molecule has 0 bridgehead atoms. The Balaban J connectivity index is 2.05. The fraction of sp³-hybridized carbons (Fsp3) is 0.130. The molecule has 3 nitrogen and oxygen atoms in total. The number of imidazole rings is 1. The summed E-state index contributed by atoms with van der Waals surface area (Å²) in [5.41, 5.74) is 7.23. The summed E-state index contributed by atoms with van der Waals surface area (Å²) in [6.07, 6.45) is 5.67. The molecule has 0 radical (unpaired) electrons. The van der Waals surface area contributed by atoms with Crippen molar-refractivity contribution in [3.05, 3.63) is 90.1 Å². The summed E-state index contributed by atoms with van der Waals surface area (Å²) in [5.74, 6) is 1.83. The number of pyridine rings is 1. The van der Waals surface area contributed by atoms with E-state index in [9.17, 15) is 0 Å². The summed E-state index contributed by atoms with van der Waals surface area (Å²) < 4.78 is 2.05. The van der Waals surface area contributed by atoms with Crippen LogP contribution in [0.2, 0.25) is 0 Å². The molecular weight excluding hydrogens is 318 g/mol. The van der Waals surface area contributed by atoms with Crippen LogP contribution in [0.15, 0.2) is 73.2 Å². The molecule has 4 rings (SSSR count). The second-order valence-corrected chi connectivity index (χ2v) is 6.59. The van der Waals surface area contributed by atoms with Gasteiger partial charge in [-0.3, -0.25) is 4.57 Å². The van der Waals surface area contributed by atoms with Crippen LogP contribution in [0.5, 0.6) is 0 Å². The molecule has 0 aliphatic rings. The van der Waals surface area contributed by atoms with Crippen LogP contribution >= 0.6 is 0 Å². The third-order valence-corrected chi connectivity index (χ3v) is 4.72. The molecule has 0 unspecified atom stereocenters. The van der Waals surface area contributed by atoms with E-state index in [1.165, 1.54) is 22.3 Å². The van der Waals surface area contributed by atoms with E-state index in [1.54, 1.807) is 0 Å². The zero-order valence-electron chi connectivity index (χ0n) is 15.3. The number of benzene rings is 2. The minimum atomic E-state index is 0.906. The zero-order valence-corrected chi connectivity index (χ0v) is 15.3. The normalized spacial score (nSPS) is 10.9. The Hall–Kier alpha value is -3.20. The monoisotopic (exact) mass is 339 g/mol. The maximum atomic E-state index is 4.71. The van der Waals surface area contributed by atoms with Gasteiger partial charge >= 0.3 is 0 Å². The Morgan fingerprint density at radius 3 is 2.27 bits per heavy atom. The molecule has 2 aromatic heterocycles. The molecule has 0 atom stereocenters. The molecule has 2 aromatic carbocycles. The minimum Gasteiger partial charge on any atom is -0.288 e. The van der Waals surface area contributed by atoms with Crippen LogP contribution in [-0.2, 0) is 0 Å². The van der Waals surface area contributed by atoms with Gasteiger partial charge in [-0.1, -0.05) is 54.1 Å². The van der Waals surface area contributed by atoms with Gasteiger partial charge in [-0.15, -0.1) is 0 Å². The number of nitrogens with zero attached hydrogens (tertiary/aromatic N) is 3. The van der Waals surface area contributed by atoms with Crippen molar-refractivity contribution in [2.45, 2.75) is 20.8 Å². The molecule has 0 amide bonds. The third-order valence-electron chi connectivity index (χ3n) is 4.72. The Bertz CT molecular complexity index is 1060. The molecule has 4 aromatic rings. The van der Waals surface area contributed by atoms with Gasteiger partial charge in [0.2, 0.25) is 0 Å². The maximum Gasteiger partial charge on any atom is 0.146 e. The van der Waals surface area contributed by atoms with E-state index in [0.717, 1.165) is 22.8 Å². The maximum absolute atomic E-state index is 4.71. The zero-order chi connectivity index (χ0) is 18.1. The average molecular weight is 339 g/mol. The summed E-state index contributed by atoms with van der Waals surface area (Å²) in [4.78, 5) is 9.10. The molecule has 128 valence electrons. The van der Waals surface area contributed by atoms with Crippen LogP contribution in [0.1, 0.15) is 17.0 Å². The Kier molecular flexibility index (Phi) is 4.13. The summed E-state index contributed by atoms with van der Waals surface area (Å²) in [6, 6.07) is 19.2.